The van der Waals surface area contributed by atoms with Gasteiger partial charge in [-0.2, -0.15) is 0 Å². The second-order valence-electron chi connectivity index (χ2n) is 5.20. The van der Waals surface area contributed by atoms with E-state index in [1.807, 2.05) is 12.3 Å². The summed E-state index contributed by atoms with van der Waals surface area (Å²) in [5.74, 6) is 0. The quantitative estimate of drug-likeness (QED) is 0.561. The highest BCUT2D eigenvalue weighted by molar-refractivity contribution is 6.48. The van der Waals surface area contributed by atoms with Crippen molar-refractivity contribution in [3.8, 4) is 0 Å². The predicted octanol–water partition coefficient (Wildman–Crippen LogP) is 4.22. The Morgan fingerprint density at radius 1 is 1.19 bits per heavy atom. The zero-order chi connectivity index (χ0) is 12.2. The summed E-state index contributed by atoms with van der Waals surface area (Å²) in [6.07, 6.45) is 3.85. The zero-order valence-corrected chi connectivity index (χ0v) is 11.9. The Kier molecular flexibility index (Phi) is 4.36. The fourth-order valence-corrected chi connectivity index (χ4v) is 1.70. The first-order chi connectivity index (χ1) is 7.39. The molecule has 16 heavy (non-hydrogen) atoms. The van der Waals surface area contributed by atoms with Crippen molar-refractivity contribution in [2.75, 3.05) is 0 Å². The summed E-state index contributed by atoms with van der Waals surface area (Å²) in [5, 5.41) is 0. The van der Waals surface area contributed by atoms with Crippen molar-refractivity contribution < 1.29 is 4.43 Å². The van der Waals surface area contributed by atoms with Crippen molar-refractivity contribution >= 4 is 15.1 Å². The molecule has 0 aliphatic heterocycles. The van der Waals surface area contributed by atoms with Crippen molar-refractivity contribution in [2.24, 2.45) is 0 Å². The monoisotopic (exact) mass is 233 g/mol. The van der Waals surface area contributed by atoms with Gasteiger partial charge in [0.15, 0.2) is 0 Å². The smallest absolute Gasteiger partial charge is 0.273 e. The minimum Gasteiger partial charge on any atom is -0.548 e. The lowest BCUT2D eigenvalue weighted by molar-refractivity contribution is 0.505. The lowest BCUT2D eigenvalue weighted by atomic mass is 9.86. The Balaban J connectivity index is 2.79. The lowest BCUT2D eigenvalue weighted by Gasteiger charge is -2.19. The van der Waals surface area contributed by atoms with Gasteiger partial charge in [0, 0.05) is 0 Å². The van der Waals surface area contributed by atoms with Gasteiger partial charge in [0.2, 0.25) is 0 Å². The van der Waals surface area contributed by atoms with Gasteiger partial charge < -0.3 is 4.43 Å². The van der Waals surface area contributed by atoms with Crippen LogP contribution >= 0.6 is 0 Å². The summed E-state index contributed by atoms with van der Waals surface area (Å²) in [7, 11) is -0.629. The van der Waals surface area contributed by atoms with Crippen molar-refractivity contribution in [3.05, 3.63) is 41.7 Å². The van der Waals surface area contributed by atoms with Crippen LogP contribution in [0.1, 0.15) is 31.9 Å². The van der Waals surface area contributed by atoms with Crippen LogP contribution in [0.4, 0.5) is 0 Å². The molecule has 1 aromatic rings. The van der Waals surface area contributed by atoms with Gasteiger partial charge >= 0.3 is 0 Å². The first-order valence-electron chi connectivity index (χ1n) is 5.63. The molecule has 0 fully saturated rings. The third-order valence-electron chi connectivity index (χ3n) is 2.32. The van der Waals surface area contributed by atoms with Crippen LogP contribution in [-0.2, 0) is 9.84 Å². The summed E-state index contributed by atoms with van der Waals surface area (Å²) < 4.78 is 5.49. The number of benzene rings is 1. The zero-order valence-electron chi connectivity index (χ0n) is 10.9. The molecule has 2 heteroatoms. The van der Waals surface area contributed by atoms with Crippen LogP contribution in [0.2, 0.25) is 13.1 Å². The van der Waals surface area contributed by atoms with Crippen molar-refractivity contribution in [3.63, 3.8) is 0 Å². The summed E-state index contributed by atoms with van der Waals surface area (Å²) in [4.78, 5) is 0. The average Bonchev–Trinajstić information content (AvgIpc) is 2.16. The van der Waals surface area contributed by atoms with Gasteiger partial charge in [0.25, 0.3) is 9.04 Å². The van der Waals surface area contributed by atoms with Crippen molar-refractivity contribution in [2.45, 2.75) is 39.3 Å². The fourth-order valence-electron chi connectivity index (χ4n) is 1.36. The minimum absolute atomic E-state index is 0.204. The maximum absolute atomic E-state index is 5.49. The van der Waals surface area contributed by atoms with E-state index in [-0.39, 0.29) is 5.41 Å². The molecule has 0 bridgehead atoms. The van der Waals surface area contributed by atoms with E-state index in [2.05, 4.69) is 58.1 Å². The lowest BCUT2D eigenvalue weighted by Crippen LogP contribution is -2.10. The van der Waals surface area contributed by atoms with Gasteiger partial charge in [0.05, 0.1) is 6.26 Å². The highest BCUT2D eigenvalue weighted by Crippen LogP contribution is 2.23. The van der Waals surface area contributed by atoms with Crippen LogP contribution in [0.3, 0.4) is 0 Å². The van der Waals surface area contributed by atoms with E-state index in [9.17, 15) is 0 Å². The van der Waals surface area contributed by atoms with Crippen LogP contribution in [0.25, 0.3) is 6.08 Å². The molecule has 0 N–H and O–H groups in total. The maximum Gasteiger partial charge on any atom is 0.273 e. The molecule has 1 nitrogen and oxygen atoms in total. The number of hydrogen-bond acceptors (Lipinski definition) is 1. The summed E-state index contributed by atoms with van der Waals surface area (Å²) in [5.41, 5.74) is 2.76. The summed E-state index contributed by atoms with van der Waals surface area (Å²) >= 11 is 0. The second kappa shape index (κ2) is 5.35. The van der Waals surface area contributed by atoms with Gasteiger partial charge in [-0.15, -0.1) is 0 Å². The highest BCUT2D eigenvalue weighted by Gasteiger charge is 2.12. The molecule has 0 heterocycles. The van der Waals surface area contributed by atoms with Crippen LogP contribution in [0.5, 0.6) is 0 Å². The van der Waals surface area contributed by atoms with Crippen LogP contribution in [0, 0.1) is 0 Å². The number of hydrogen-bond donors (Lipinski definition) is 0. The molecule has 1 rings (SSSR count). The minimum atomic E-state index is -0.629. The molecule has 0 atom stereocenters. The predicted molar refractivity (Wildman–Crippen MR) is 72.7 cm³/mol. The second-order valence-corrected chi connectivity index (χ2v) is 7.26. The molecule has 1 radical (unpaired) electrons. The average molecular weight is 233 g/mol. The molecular formula is C14H21OSi. The molecule has 0 unspecified atom stereocenters. The SMILES string of the molecule is C[Si](C)OC=Cc1cccc(C(C)(C)C)c1. The molecule has 87 valence electrons. The third-order valence-corrected chi connectivity index (χ3v) is 2.92. The fraction of sp³-hybridized carbons (Fsp3) is 0.429. The van der Waals surface area contributed by atoms with Crippen molar-refractivity contribution in [1.29, 1.82) is 0 Å². The Morgan fingerprint density at radius 3 is 2.44 bits per heavy atom. The van der Waals surface area contributed by atoms with E-state index in [1.54, 1.807) is 0 Å². The molecule has 0 saturated carbocycles. The van der Waals surface area contributed by atoms with Crippen molar-refractivity contribution in [1.82, 2.24) is 0 Å². The highest BCUT2D eigenvalue weighted by atomic mass is 28.3. The van der Waals surface area contributed by atoms with Gasteiger partial charge in [-0.05, 0) is 35.7 Å². The Morgan fingerprint density at radius 2 is 1.88 bits per heavy atom. The molecule has 0 spiro atoms. The van der Waals surface area contributed by atoms with E-state index in [0.29, 0.717) is 0 Å². The molecule has 0 aliphatic rings. The Hall–Kier alpha value is -1.02. The largest absolute Gasteiger partial charge is 0.548 e. The Labute approximate surface area is 101 Å². The molecule has 0 amide bonds. The molecule has 0 aromatic heterocycles. The maximum atomic E-state index is 5.49. The van der Waals surface area contributed by atoms with E-state index in [1.165, 1.54) is 11.1 Å². The molecular weight excluding hydrogens is 212 g/mol. The first-order valence-corrected chi connectivity index (χ1v) is 8.04. The molecule has 1 aromatic carbocycles. The van der Waals surface area contributed by atoms with E-state index >= 15 is 0 Å². The van der Waals surface area contributed by atoms with E-state index in [4.69, 9.17) is 4.43 Å². The molecule has 0 aliphatic carbocycles. The van der Waals surface area contributed by atoms with Gasteiger partial charge in [0.1, 0.15) is 0 Å². The Bertz CT molecular complexity index is 361. The first kappa shape index (κ1) is 13.0. The van der Waals surface area contributed by atoms with Gasteiger partial charge in [-0.1, -0.05) is 45.0 Å². The van der Waals surface area contributed by atoms with Gasteiger partial charge in [-0.25, -0.2) is 0 Å². The summed E-state index contributed by atoms with van der Waals surface area (Å²) in [6, 6.07) is 8.60. The topological polar surface area (TPSA) is 9.23 Å². The normalized spacial score (nSPS) is 12.4. The summed E-state index contributed by atoms with van der Waals surface area (Å²) in [6.45, 7) is 10.9. The van der Waals surface area contributed by atoms with Gasteiger partial charge in [-0.3, -0.25) is 0 Å². The third kappa shape index (κ3) is 4.23. The van der Waals surface area contributed by atoms with Crippen LogP contribution in [-0.4, -0.2) is 9.04 Å². The standard InChI is InChI=1S/C14H21OSi/c1-14(2,3)13-8-6-7-12(11-13)9-10-15-16(4)5/h6-11H,1-5H3. The van der Waals surface area contributed by atoms with Crippen LogP contribution in [0.15, 0.2) is 30.5 Å². The molecule has 0 saturated heterocycles. The van der Waals surface area contributed by atoms with E-state index in [0.717, 1.165) is 0 Å². The number of rotatable bonds is 3. The van der Waals surface area contributed by atoms with E-state index < -0.39 is 9.04 Å². The van der Waals surface area contributed by atoms with Crippen LogP contribution < -0.4 is 0 Å².